The Balaban J connectivity index is 2.59. The number of hydrogen-bond acceptors (Lipinski definition) is 4. The van der Waals surface area contributed by atoms with E-state index in [-0.39, 0.29) is 5.01 Å². The number of thiazole rings is 1. The van der Waals surface area contributed by atoms with E-state index in [0.29, 0.717) is 23.6 Å². The van der Waals surface area contributed by atoms with Crippen molar-refractivity contribution in [3.05, 3.63) is 23.1 Å². The van der Waals surface area contributed by atoms with Crippen LogP contribution in [0.4, 0.5) is 13.2 Å². The van der Waals surface area contributed by atoms with Gasteiger partial charge in [0.15, 0.2) is 5.69 Å². The number of carboxylic acid groups (broad SMARTS) is 1. The first kappa shape index (κ1) is 13.5. The smallest absolute Gasteiger partial charge is 0.435 e. The fraction of sp³-hybridized carbons (Fsp3) is 0.300. The first-order valence-corrected chi connectivity index (χ1v) is 5.98. The molecule has 5 nitrogen and oxygen atoms in total. The maximum Gasteiger partial charge on any atom is 0.435 e. The standard InChI is InChI=1S/C10H8F3N3O2S/c1-2-16-4-14-3-5(16)8-15-7(10(11,12)13)6(19-8)9(17)18/h3-4H,2H2,1H3,(H,17,18). The van der Waals surface area contributed by atoms with E-state index in [9.17, 15) is 18.0 Å². The Kier molecular flexibility index (Phi) is 3.31. The number of aryl methyl sites for hydroxylation is 1. The van der Waals surface area contributed by atoms with E-state index in [4.69, 9.17) is 5.11 Å². The van der Waals surface area contributed by atoms with Gasteiger partial charge in [-0.2, -0.15) is 13.2 Å². The van der Waals surface area contributed by atoms with Crippen LogP contribution in [0.15, 0.2) is 12.5 Å². The second-order valence-electron chi connectivity index (χ2n) is 3.56. The fourth-order valence-corrected chi connectivity index (χ4v) is 2.47. The lowest BCUT2D eigenvalue weighted by atomic mass is 10.3. The average Bonchev–Trinajstić information content (AvgIpc) is 2.93. The maximum absolute atomic E-state index is 12.7. The molecule has 0 radical (unpaired) electrons. The topological polar surface area (TPSA) is 68.0 Å². The number of alkyl halides is 3. The highest BCUT2D eigenvalue weighted by Crippen LogP contribution is 2.37. The summed E-state index contributed by atoms with van der Waals surface area (Å²) in [7, 11) is 0. The summed E-state index contributed by atoms with van der Waals surface area (Å²) < 4.78 is 39.7. The number of nitrogens with zero attached hydrogens (tertiary/aromatic N) is 3. The molecule has 0 spiro atoms. The van der Waals surface area contributed by atoms with Gasteiger partial charge in [0, 0.05) is 6.54 Å². The zero-order valence-electron chi connectivity index (χ0n) is 9.60. The van der Waals surface area contributed by atoms with Crippen LogP contribution >= 0.6 is 11.3 Å². The minimum Gasteiger partial charge on any atom is -0.477 e. The third kappa shape index (κ3) is 2.46. The van der Waals surface area contributed by atoms with E-state index in [0.717, 1.165) is 0 Å². The predicted octanol–water partition coefficient (Wildman–Crippen LogP) is 2.74. The zero-order chi connectivity index (χ0) is 14.2. The summed E-state index contributed by atoms with van der Waals surface area (Å²) in [5.74, 6) is -1.64. The van der Waals surface area contributed by atoms with Crippen molar-refractivity contribution in [3.63, 3.8) is 0 Å². The van der Waals surface area contributed by atoms with Gasteiger partial charge in [-0.05, 0) is 6.92 Å². The number of halogens is 3. The number of imidazole rings is 1. The molecule has 0 atom stereocenters. The summed E-state index contributed by atoms with van der Waals surface area (Å²) in [6, 6.07) is 0. The van der Waals surface area contributed by atoms with Crippen molar-refractivity contribution < 1.29 is 23.1 Å². The SMILES string of the molecule is CCn1cncc1-c1nc(C(F)(F)F)c(C(=O)O)s1. The van der Waals surface area contributed by atoms with Gasteiger partial charge in [-0.15, -0.1) is 11.3 Å². The molecule has 0 saturated heterocycles. The van der Waals surface area contributed by atoms with Gasteiger partial charge in [-0.25, -0.2) is 14.8 Å². The Bertz CT molecular complexity index is 618. The molecule has 2 aromatic heterocycles. The highest BCUT2D eigenvalue weighted by atomic mass is 32.1. The van der Waals surface area contributed by atoms with Crippen molar-refractivity contribution in [2.24, 2.45) is 0 Å². The Labute approximate surface area is 109 Å². The van der Waals surface area contributed by atoms with Gasteiger partial charge in [0.2, 0.25) is 0 Å². The van der Waals surface area contributed by atoms with Gasteiger partial charge in [0.05, 0.1) is 18.2 Å². The molecule has 2 aromatic rings. The van der Waals surface area contributed by atoms with Crippen LogP contribution in [0.3, 0.4) is 0 Å². The summed E-state index contributed by atoms with van der Waals surface area (Å²) in [6.07, 6.45) is -1.99. The number of aromatic carboxylic acids is 1. The number of aromatic nitrogens is 3. The molecule has 0 saturated carbocycles. The molecule has 2 rings (SSSR count). The summed E-state index contributed by atoms with van der Waals surface area (Å²) >= 11 is 0.490. The molecule has 1 N–H and O–H groups in total. The lowest BCUT2D eigenvalue weighted by Gasteiger charge is -2.03. The summed E-state index contributed by atoms with van der Waals surface area (Å²) in [6.45, 7) is 2.29. The molecular formula is C10H8F3N3O2S. The van der Waals surface area contributed by atoms with Gasteiger partial charge in [-0.3, -0.25) is 0 Å². The largest absolute Gasteiger partial charge is 0.477 e. The minimum atomic E-state index is -4.79. The van der Waals surface area contributed by atoms with Crippen molar-refractivity contribution >= 4 is 17.3 Å². The molecule has 19 heavy (non-hydrogen) atoms. The van der Waals surface area contributed by atoms with Crippen molar-refractivity contribution in [2.75, 3.05) is 0 Å². The van der Waals surface area contributed by atoms with Crippen LogP contribution in [-0.4, -0.2) is 25.6 Å². The van der Waals surface area contributed by atoms with E-state index in [2.05, 4.69) is 9.97 Å². The van der Waals surface area contributed by atoms with Crippen LogP contribution in [-0.2, 0) is 12.7 Å². The molecule has 0 amide bonds. The number of carboxylic acids is 1. The third-order valence-corrected chi connectivity index (χ3v) is 3.43. The lowest BCUT2D eigenvalue weighted by Crippen LogP contribution is -2.11. The zero-order valence-corrected chi connectivity index (χ0v) is 10.4. The van der Waals surface area contributed by atoms with Crippen molar-refractivity contribution in [2.45, 2.75) is 19.6 Å². The molecule has 2 heterocycles. The predicted molar refractivity (Wildman–Crippen MR) is 61.0 cm³/mol. The molecule has 0 aliphatic carbocycles. The van der Waals surface area contributed by atoms with E-state index >= 15 is 0 Å². The molecular weight excluding hydrogens is 283 g/mol. The monoisotopic (exact) mass is 291 g/mol. The second-order valence-corrected chi connectivity index (χ2v) is 4.56. The Morgan fingerprint density at radius 1 is 1.53 bits per heavy atom. The molecule has 0 aromatic carbocycles. The average molecular weight is 291 g/mol. The number of hydrogen-bond donors (Lipinski definition) is 1. The minimum absolute atomic E-state index is 0.0101. The normalized spacial score (nSPS) is 11.8. The van der Waals surface area contributed by atoms with Crippen molar-refractivity contribution in [1.29, 1.82) is 0 Å². The van der Waals surface area contributed by atoms with Crippen LogP contribution in [0.2, 0.25) is 0 Å². The van der Waals surface area contributed by atoms with E-state index in [1.54, 1.807) is 11.5 Å². The van der Waals surface area contributed by atoms with E-state index in [1.165, 1.54) is 12.5 Å². The van der Waals surface area contributed by atoms with Crippen LogP contribution in [0.1, 0.15) is 22.3 Å². The highest BCUT2D eigenvalue weighted by molar-refractivity contribution is 7.17. The quantitative estimate of drug-likeness (QED) is 0.944. The van der Waals surface area contributed by atoms with Crippen molar-refractivity contribution in [1.82, 2.24) is 14.5 Å². The molecule has 0 unspecified atom stereocenters. The molecule has 0 bridgehead atoms. The van der Waals surface area contributed by atoms with Gasteiger partial charge < -0.3 is 9.67 Å². The van der Waals surface area contributed by atoms with Gasteiger partial charge >= 0.3 is 12.1 Å². The molecule has 0 aliphatic rings. The number of carbonyl (C=O) groups is 1. The molecule has 9 heteroatoms. The molecule has 0 fully saturated rings. The van der Waals surface area contributed by atoms with Gasteiger partial charge in [-0.1, -0.05) is 0 Å². The Morgan fingerprint density at radius 2 is 2.21 bits per heavy atom. The van der Waals surface area contributed by atoms with E-state index in [1.807, 2.05) is 0 Å². The maximum atomic E-state index is 12.7. The summed E-state index contributed by atoms with van der Waals surface area (Å²) in [5, 5.41) is 8.80. The highest BCUT2D eigenvalue weighted by Gasteiger charge is 2.40. The first-order valence-electron chi connectivity index (χ1n) is 5.16. The Hall–Kier alpha value is -1.90. The van der Waals surface area contributed by atoms with Crippen LogP contribution in [0.25, 0.3) is 10.7 Å². The Morgan fingerprint density at radius 3 is 2.68 bits per heavy atom. The van der Waals surface area contributed by atoms with Crippen LogP contribution < -0.4 is 0 Å². The number of rotatable bonds is 3. The third-order valence-electron chi connectivity index (χ3n) is 2.36. The second kappa shape index (κ2) is 4.65. The summed E-state index contributed by atoms with van der Waals surface area (Å²) in [4.78, 5) is 17.3. The van der Waals surface area contributed by atoms with E-state index < -0.39 is 22.7 Å². The lowest BCUT2D eigenvalue weighted by molar-refractivity contribution is -0.141. The van der Waals surface area contributed by atoms with Crippen LogP contribution in [0, 0.1) is 0 Å². The molecule has 0 aliphatic heterocycles. The van der Waals surface area contributed by atoms with Crippen LogP contribution in [0.5, 0.6) is 0 Å². The fourth-order valence-electron chi connectivity index (χ4n) is 1.52. The van der Waals surface area contributed by atoms with Crippen molar-refractivity contribution in [3.8, 4) is 10.7 Å². The first-order chi connectivity index (χ1) is 8.84. The van der Waals surface area contributed by atoms with Gasteiger partial charge in [0.25, 0.3) is 0 Å². The van der Waals surface area contributed by atoms with Gasteiger partial charge in [0.1, 0.15) is 9.88 Å². The summed E-state index contributed by atoms with van der Waals surface area (Å²) in [5.41, 5.74) is -1.01. The molecule has 102 valence electrons.